The van der Waals surface area contributed by atoms with Crippen LogP contribution in [0.4, 0.5) is 13.2 Å². The Labute approximate surface area is 220 Å². The van der Waals surface area contributed by atoms with Crippen LogP contribution in [0.25, 0.3) is 0 Å². The molecular weight excluding hydrogens is 515 g/mol. The van der Waals surface area contributed by atoms with Gasteiger partial charge in [0.25, 0.3) is 11.8 Å². The standard InChI is InChI=1S/C28H22F3N3O5/c29-28(30,31)24(16-6-9-20(10-7-16)39-19-4-2-1-3-5-19)33-25(36)17-8-11-21-18(14-17)15-34(27(21)38)22-12-13-23(35)32-26(22)37/h1-11,14,22,24H,12-13,15H2,(H,33,36)(H,32,35,37). The summed E-state index contributed by atoms with van der Waals surface area (Å²) in [6, 6.07) is 14.8. The average molecular weight is 537 g/mol. The number of hydrogen-bond acceptors (Lipinski definition) is 5. The first-order valence-corrected chi connectivity index (χ1v) is 12.1. The highest BCUT2D eigenvalue weighted by atomic mass is 19.4. The summed E-state index contributed by atoms with van der Waals surface area (Å²) in [5.41, 5.74) is 0.405. The number of benzene rings is 3. The third-order valence-corrected chi connectivity index (χ3v) is 6.58. The minimum atomic E-state index is -4.78. The summed E-state index contributed by atoms with van der Waals surface area (Å²) in [4.78, 5) is 50.7. The first-order chi connectivity index (χ1) is 18.6. The molecule has 11 heteroatoms. The summed E-state index contributed by atoms with van der Waals surface area (Å²) in [6.45, 7) is -0.00681. The highest BCUT2D eigenvalue weighted by molar-refractivity contribution is 6.06. The maximum atomic E-state index is 14.0. The lowest BCUT2D eigenvalue weighted by Crippen LogP contribution is -2.52. The lowest BCUT2D eigenvalue weighted by atomic mass is 10.0. The number of imide groups is 1. The van der Waals surface area contributed by atoms with Gasteiger partial charge < -0.3 is 15.0 Å². The second kappa shape index (κ2) is 10.2. The molecule has 0 saturated carbocycles. The van der Waals surface area contributed by atoms with Gasteiger partial charge in [-0.25, -0.2) is 0 Å². The highest BCUT2D eigenvalue weighted by Gasteiger charge is 2.43. The second-order valence-electron chi connectivity index (χ2n) is 9.20. The van der Waals surface area contributed by atoms with Gasteiger partial charge in [0.1, 0.15) is 17.5 Å². The molecule has 39 heavy (non-hydrogen) atoms. The molecule has 0 aliphatic carbocycles. The topological polar surface area (TPSA) is 105 Å². The van der Waals surface area contributed by atoms with Gasteiger partial charge in [0, 0.05) is 24.1 Å². The zero-order valence-electron chi connectivity index (χ0n) is 20.3. The van der Waals surface area contributed by atoms with Crippen molar-refractivity contribution in [2.45, 2.75) is 37.6 Å². The number of carbonyl (C=O) groups excluding carboxylic acids is 4. The molecule has 4 amide bonds. The van der Waals surface area contributed by atoms with E-state index in [0.29, 0.717) is 17.1 Å². The van der Waals surface area contributed by atoms with Crippen molar-refractivity contribution in [1.29, 1.82) is 0 Å². The maximum Gasteiger partial charge on any atom is 0.412 e. The van der Waals surface area contributed by atoms with Crippen LogP contribution in [-0.2, 0) is 16.1 Å². The Morgan fingerprint density at radius 2 is 1.67 bits per heavy atom. The van der Waals surface area contributed by atoms with E-state index in [1.807, 2.05) is 5.32 Å². The highest BCUT2D eigenvalue weighted by Crippen LogP contribution is 2.35. The molecule has 0 spiro atoms. The smallest absolute Gasteiger partial charge is 0.412 e. The van der Waals surface area contributed by atoms with Crippen LogP contribution >= 0.6 is 0 Å². The molecule has 2 unspecified atom stereocenters. The summed E-state index contributed by atoms with van der Waals surface area (Å²) in [6.07, 6.45) is -4.53. The SMILES string of the molecule is O=C1CCC(N2Cc3cc(C(=O)NC(c4ccc(Oc5ccccc5)cc4)C(F)(F)F)ccc3C2=O)C(=O)N1. The number of ether oxygens (including phenoxy) is 1. The van der Waals surface area contributed by atoms with Crippen LogP contribution in [-0.4, -0.2) is 40.7 Å². The van der Waals surface area contributed by atoms with Gasteiger partial charge in [0.05, 0.1) is 0 Å². The Morgan fingerprint density at radius 1 is 0.974 bits per heavy atom. The molecule has 5 rings (SSSR count). The van der Waals surface area contributed by atoms with Crippen molar-refractivity contribution in [1.82, 2.24) is 15.5 Å². The van der Waals surface area contributed by atoms with Crippen LogP contribution in [0.2, 0.25) is 0 Å². The minimum absolute atomic E-state index is 0.00681. The Bertz CT molecular complexity index is 1440. The zero-order chi connectivity index (χ0) is 27.7. The quantitative estimate of drug-likeness (QED) is 0.457. The predicted molar refractivity (Wildman–Crippen MR) is 132 cm³/mol. The van der Waals surface area contributed by atoms with Crippen molar-refractivity contribution in [2.75, 3.05) is 0 Å². The number of nitrogens with one attached hydrogen (secondary N) is 2. The zero-order valence-corrected chi connectivity index (χ0v) is 20.3. The molecule has 0 aromatic heterocycles. The molecule has 3 aromatic carbocycles. The van der Waals surface area contributed by atoms with Crippen LogP contribution in [0, 0.1) is 0 Å². The number of amides is 4. The molecule has 1 saturated heterocycles. The summed E-state index contributed by atoms with van der Waals surface area (Å²) in [5.74, 6) is -1.57. The van der Waals surface area contributed by atoms with E-state index in [1.54, 1.807) is 30.3 Å². The average Bonchev–Trinajstić information content (AvgIpc) is 3.23. The number of rotatable bonds is 6. The molecule has 0 bridgehead atoms. The number of hydrogen-bond donors (Lipinski definition) is 2. The molecule has 8 nitrogen and oxygen atoms in total. The largest absolute Gasteiger partial charge is 0.457 e. The van der Waals surface area contributed by atoms with Gasteiger partial charge in [0.2, 0.25) is 11.8 Å². The number of carbonyl (C=O) groups is 4. The molecular formula is C28H22F3N3O5. The van der Waals surface area contributed by atoms with Gasteiger partial charge in [-0.05, 0) is 60.0 Å². The van der Waals surface area contributed by atoms with E-state index >= 15 is 0 Å². The van der Waals surface area contributed by atoms with Gasteiger partial charge in [-0.15, -0.1) is 0 Å². The number of piperidine rings is 1. The molecule has 1 fully saturated rings. The van der Waals surface area contributed by atoms with Gasteiger partial charge in [0.15, 0.2) is 6.04 Å². The lowest BCUT2D eigenvalue weighted by molar-refractivity contribution is -0.155. The normalized spacial score (nSPS) is 17.9. The lowest BCUT2D eigenvalue weighted by Gasteiger charge is -2.29. The molecule has 2 atom stereocenters. The first-order valence-electron chi connectivity index (χ1n) is 12.1. The fourth-order valence-corrected chi connectivity index (χ4v) is 4.64. The van der Waals surface area contributed by atoms with E-state index in [2.05, 4.69) is 5.32 Å². The van der Waals surface area contributed by atoms with E-state index in [1.165, 1.54) is 47.4 Å². The number of fused-ring (bicyclic) bond motifs is 1. The van der Waals surface area contributed by atoms with Crippen molar-refractivity contribution in [3.05, 3.63) is 95.1 Å². The number of halogens is 3. The Kier molecular flexibility index (Phi) is 6.81. The van der Waals surface area contributed by atoms with E-state index in [4.69, 9.17) is 4.74 Å². The monoisotopic (exact) mass is 537 g/mol. The molecule has 2 heterocycles. The Hall–Kier alpha value is -4.67. The fraction of sp³-hybridized carbons (Fsp3) is 0.214. The van der Waals surface area contributed by atoms with Gasteiger partial charge in [-0.2, -0.15) is 13.2 Å². The van der Waals surface area contributed by atoms with Crippen LogP contribution in [0.5, 0.6) is 11.5 Å². The molecule has 2 aliphatic rings. The van der Waals surface area contributed by atoms with Gasteiger partial charge in [-0.3, -0.25) is 24.5 Å². The second-order valence-corrected chi connectivity index (χ2v) is 9.20. The first kappa shape index (κ1) is 26.0. The molecule has 2 aliphatic heterocycles. The molecule has 200 valence electrons. The molecule has 3 aromatic rings. The third-order valence-electron chi connectivity index (χ3n) is 6.58. The summed E-state index contributed by atoms with van der Waals surface area (Å²) < 4.78 is 47.5. The van der Waals surface area contributed by atoms with Crippen LogP contribution in [0.3, 0.4) is 0 Å². The van der Waals surface area contributed by atoms with E-state index in [9.17, 15) is 32.3 Å². The van der Waals surface area contributed by atoms with Crippen LogP contribution in [0.15, 0.2) is 72.8 Å². The molecule has 2 N–H and O–H groups in total. The van der Waals surface area contributed by atoms with Crippen molar-refractivity contribution >= 4 is 23.6 Å². The van der Waals surface area contributed by atoms with Crippen molar-refractivity contribution in [3.63, 3.8) is 0 Å². The van der Waals surface area contributed by atoms with E-state index in [0.717, 1.165) is 0 Å². The number of para-hydroxylation sites is 1. The van der Waals surface area contributed by atoms with Crippen molar-refractivity contribution < 1.29 is 37.1 Å². The van der Waals surface area contributed by atoms with Gasteiger partial charge in [-0.1, -0.05) is 30.3 Å². The minimum Gasteiger partial charge on any atom is -0.457 e. The van der Waals surface area contributed by atoms with Crippen molar-refractivity contribution in [2.24, 2.45) is 0 Å². The van der Waals surface area contributed by atoms with Crippen LogP contribution < -0.4 is 15.4 Å². The van der Waals surface area contributed by atoms with Crippen LogP contribution in [0.1, 0.15) is 50.7 Å². The van der Waals surface area contributed by atoms with E-state index < -0.39 is 41.9 Å². The third kappa shape index (κ3) is 5.47. The number of alkyl halides is 3. The Morgan fingerprint density at radius 3 is 2.33 bits per heavy atom. The summed E-state index contributed by atoms with van der Waals surface area (Å²) in [7, 11) is 0. The van der Waals surface area contributed by atoms with Crippen molar-refractivity contribution in [3.8, 4) is 11.5 Å². The molecule has 0 radical (unpaired) electrons. The maximum absolute atomic E-state index is 14.0. The van der Waals surface area contributed by atoms with E-state index in [-0.39, 0.29) is 36.1 Å². The predicted octanol–water partition coefficient (Wildman–Crippen LogP) is 4.27. The summed E-state index contributed by atoms with van der Waals surface area (Å²) >= 11 is 0. The summed E-state index contributed by atoms with van der Waals surface area (Å²) in [5, 5.41) is 4.24. The Balaban J connectivity index is 1.31. The number of nitrogens with zero attached hydrogens (tertiary/aromatic N) is 1. The fourth-order valence-electron chi connectivity index (χ4n) is 4.64. The van der Waals surface area contributed by atoms with Gasteiger partial charge >= 0.3 is 6.18 Å².